The van der Waals surface area contributed by atoms with Gasteiger partial charge in [-0.05, 0) is 22.9 Å². The second-order valence-electron chi connectivity index (χ2n) is 4.41. The molecule has 18 heavy (non-hydrogen) atoms. The van der Waals surface area contributed by atoms with Gasteiger partial charge in [-0.2, -0.15) is 0 Å². The number of benzene rings is 2. The summed E-state index contributed by atoms with van der Waals surface area (Å²) in [4.78, 5) is 2.81. The fraction of sp³-hybridized carbons (Fsp3) is 0.267. The Morgan fingerprint density at radius 3 is 2.61 bits per heavy atom. The summed E-state index contributed by atoms with van der Waals surface area (Å²) in [6.45, 7) is 4.63. The van der Waals surface area contributed by atoms with Crippen molar-refractivity contribution >= 4 is 28.0 Å². The van der Waals surface area contributed by atoms with Crippen LogP contribution in [0, 0.1) is 0 Å². The second-order valence-corrected chi connectivity index (χ2v) is 4.93. The smallest absolute Gasteiger partial charge is 0.0870 e. The van der Waals surface area contributed by atoms with Crippen LogP contribution in [-0.2, 0) is 6.54 Å². The van der Waals surface area contributed by atoms with Gasteiger partial charge in [0.05, 0.1) is 4.99 Å². The molecule has 0 saturated heterocycles. The molecule has 0 aliphatic carbocycles. The largest absolute Gasteiger partial charge is 0.392 e. The molecule has 2 aromatic rings. The van der Waals surface area contributed by atoms with E-state index in [4.69, 9.17) is 18.0 Å². The van der Waals surface area contributed by atoms with Crippen LogP contribution in [-0.4, -0.2) is 23.0 Å². The van der Waals surface area contributed by atoms with Crippen molar-refractivity contribution in [3.8, 4) is 0 Å². The van der Waals surface area contributed by atoms with Gasteiger partial charge in [-0.3, -0.25) is 4.90 Å². The van der Waals surface area contributed by atoms with Crippen molar-refractivity contribution in [2.24, 2.45) is 5.73 Å². The van der Waals surface area contributed by atoms with Crippen molar-refractivity contribution in [2.45, 2.75) is 13.5 Å². The molecule has 0 saturated carbocycles. The lowest BCUT2D eigenvalue weighted by molar-refractivity contribution is 0.322. The van der Waals surface area contributed by atoms with Crippen molar-refractivity contribution in [3.05, 3.63) is 48.0 Å². The Morgan fingerprint density at radius 1 is 1.17 bits per heavy atom. The van der Waals surface area contributed by atoms with Crippen LogP contribution >= 0.6 is 12.2 Å². The van der Waals surface area contributed by atoms with Gasteiger partial charge in [0.15, 0.2) is 0 Å². The number of thiocarbonyl (C=S) groups is 1. The Morgan fingerprint density at radius 2 is 1.89 bits per heavy atom. The summed E-state index contributed by atoms with van der Waals surface area (Å²) in [5.41, 5.74) is 6.95. The van der Waals surface area contributed by atoms with Crippen LogP contribution in [0.3, 0.4) is 0 Å². The summed E-state index contributed by atoms with van der Waals surface area (Å²) in [7, 11) is 0. The highest BCUT2D eigenvalue weighted by Gasteiger charge is 2.07. The predicted octanol–water partition coefficient (Wildman–Crippen LogP) is 2.95. The number of fused-ring (bicyclic) bond motifs is 1. The van der Waals surface area contributed by atoms with Gasteiger partial charge < -0.3 is 5.73 Å². The van der Waals surface area contributed by atoms with Gasteiger partial charge in [-0.15, -0.1) is 0 Å². The zero-order valence-corrected chi connectivity index (χ0v) is 11.4. The van der Waals surface area contributed by atoms with E-state index in [0.717, 1.165) is 13.1 Å². The van der Waals surface area contributed by atoms with Gasteiger partial charge in [-0.1, -0.05) is 61.6 Å². The molecule has 0 aromatic heterocycles. The first-order chi connectivity index (χ1) is 8.70. The predicted molar refractivity (Wildman–Crippen MR) is 81.7 cm³/mol. The van der Waals surface area contributed by atoms with E-state index in [9.17, 15) is 0 Å². The number of nitrogens with two attached hydrogens (primary N) is 1. The normalized spacial score (nSPS) is 11.0. The highest BCUT2D eigenvalue weighted by Crippen LogP contribution is 2.19. The fourth-order valence-electron chi connectivity index (χ4n) is 2.17. The highest BCUT2D eigenvalue weighted by atomic mass is 32.1. The lowest BCUT2D eigenvalue weighted by Crippen LogP contribution is -2.32. The van der Waals surface area contributed by atoms with E-state index in [-0.39, 0.29) is 0 Å². The van der Waals surface area contributed by atoms with Gasteiger partial charge in [0, 0.05) is 13.1 Å². The molecule has 94 valence electrons. The molecule has 0 aliphatic heterocycles. The monoisotopic (exact) mass is 258 g/mol. The zero-order valence-electron chi connectivity index (χ0n) is 10.6. The van der Waals surface area contributed by atoms with Crippen LogP contribution in [0.1, 0.15) is 12.5 Å². The Bertz CT molecular complexity index is 546. The minimum absolute atomic E-state index is 0.553. The number of rotatable bonds is 5. The third-order valence-corrected chi connectivity index (χ3v) is 3.23. The molecule has 0 bridgehead atoms. The summed E-state index contributed by atoms with van der Waals surface area (Å²) in [6, 6.07) is 14.9. The van der Waals surface area contributed by atoms with E-state index >= 15 is 0 Å². The molecule has 0 fully saturated rings. The first kappa shape index (κ1) is 13.0. The van der Waals surface area contributed by atoms with Crippen molar-refractivity contribution in [1.82, 2.24) is 4.90 Å². The molecule has 0 unspecified atom stereocenters. The van der Waals surface area contributed by atoms with E-state index in [1.807, 2.05) is 0 Å². The molecular formula is C15H18N2S. The van der Waals surface area contributed by atoms with Gasteiger partial charge in [0.25, 0.3) is 0 Å². The lowest BCUT2D eigenvalue weighted by Gasteiger charge is -2.20. The maximum Gasteiger partial charge on any atom is 0.0870 e. The van der Waals surface area contributed by atoms with Crippen LogP contribution in [0.5, 0.6) is 0 Å². The first-order valence-corrected chi connectivity index (χ1v) is 6.59. The molecule has 2 rings (SSSR count). The van der Waals surface area contributed by atoms with Crippen LogP contribution in [0.25, 0.3) is 10.8 Å². The van der Waals surface area contributed by atoms with E-state index in [1.165, 1.54) is 16.3 Å². The molecule has 0 amide bonds. The Balaban J connectivity index is 2.27. The SMILES string of the molecule is CCN(CC(N)=S)Cc1cccc2ccccc12. The van der Waals surface area contributed by atoms with Gasteiger partial charge in [-0.25, -0.2) is 0 Å². The van der Waals surface area contributed by atoms with Gasteiger partial charge in [0.2, 0.25) is 0 Å². The molecule has 0 heterocycles. The lowest BCUT2D eigenvalue weighted by atomic mass is 10.0. The number of nitrogens with zero attached hydrogens (tertiary/aromatic N) is 1. The third kappa shape index (κ3) is 3.06. The molecule has 2 aromatic carbocycles. The van der Waals surface area contributed by atoms with E-state index < -0.39 is 0 Å². The van der Waals surface area contributed by atoms with Crippen LogP contribution in [0.15, 0.2) is 42.5 Å². The second kappa shape index (κ2) is 5.94. The average molecular weight is 258 g/mol. The molecule has 0 aliphatic rings. The van der Waals surface area contributed by atoms with Crippen molar-refractivity contribution in [1.29, 1.82) is 0 Å². The third-order valence-electron chi connectivity index (χ3n) is 3.10. The van der Waals surface area contributed by atoms with Crippen molar-refractivity contribution < 1.29 is 0 Å². The maximum absolute atomic E-state index is 5.62. The summed E-state index contributed by atoms with van der Waals surface area (Å²) in [5, 5.41) is 2.59. The molecule has 0 radical (unpaired) electrons. The summed E-state index contributed by atoms with van der Waals surface area (Å²) >= 11 is 4.99. The first-order valence-electron chi connectivity index (χ1n) is 6.18. The molecule has 0 atom stereocenters. The molecule has 2 nitrogen and oxygen atoms in total. The Hall–Kier alpha value is -1.45. The summed E-state index contributed by atoms with van der Waals surface area (Å²) in [5.74, 6) is 0. The van der Waals surface area contributed by atoms with Crippen LogP contribution in [0.2, 0.25) is 0 Å². The Labute approximate surface area is 113 Å². The van der Waals surface area contributed by atoms with Gasteiger partial charge in [0.1, 0.15) is 0 Å². The van der Waals surface area contributed by atoms with Crippen LogP contribution < -0.4 is 5.73 Å². The summed E-state index contributed by atoms with van der Waals surface area (Å²) in [6.07, 6.45) is 0. The topological polar surface area (TPSA) is 29.3 Å². The van der Waals surface area contributed by atoms with Crippen LogP contribution in [0.4, 0.5) is 0 Å². The van der Waals surface area contributed by atoms with Crippen molar-refractivity contribution in [3.63, 3.8) is 0 Å². The number of likely N-dealkylation sites (N-methyl/N-ethyl adjacent to an activating group) is 1. The molecule has 3 heteroatoms. The fourth-order valence-corrected chi connectivity index (χ4v) is 2.35. The molecule has 2 N–H and O–H groups in total. The van der Waals surface area contributed by atoms with Gasteiger partial charge >= 0.3 is 0 Å². The Kier molecular flexibility index (Phi) is 4.28. The molecule has 0 spiro atoms. The minimum Gasteiger partial charge on any atom is -0.392 e. The highest BCUT2D eigenvalue weighted by molar-refractivity contribution is 7.80. The molecular weight excluding hydrogens is 240 g/mol. The minimum atomic E-state index is 0.553. The average Bonchev–Trinajstić information content (AvgIpc) is 2.38. The summed E-state index contributed by atoms with van der Waals surface area (Å²) < 4.78 is 0. The standard InChI is InChI=1S/C15H18N2S/c1-2-17(11-15(16)18)10-13-8-5-7-12-6-3-4-9-14(12)13/h3-9H,2,10-11H2,1H3,(H2,16,18). The number of hydrogen-bond acceptors (Lipinski definition) is 2. The van der Waals surface area contributed by atoms with Crippen molar-refractivity contribution in [2.75, 3.05) is 13.1 Å². The van der Waals surface area contributed by atoms with E-state index in [2.05, 4.69) is 54.3 Å². The quantitative estimate of drug-likeness (QED) is 0.836. The van der Waals surface area contributed by atoms with E-state index in [1.54, 1.807) is 0 Å². The zero-order chi connectivity index (χ0) is 13.0. The maximum atomic E-state index is 5.62. The van der Waals surface area contributed by atoms with E-state index in [0.29, 0.717) is 11.5 Å². The number of hydrogen-bond donors (Lipinski definition) is 1.